The summed E-state index contributed by atoms with van der Waals surface area (Å²) in [6, 6.07) is 14.8. The van der Waals surface area contributed by atoms with Crippen molar-refractivity contribution >= 4 is 5.69 Å². The molecule has 2 heterocycles. The summed E-state index contributed by atoms with van der Waals surface area (Å²) in [6.45, 7) is 7.33. The molecular formula is C24H32N2O2. The topological polar surface area (TPSA) is 35.9 Å². The Morgan fingerprint density at radius 3 is 2.39 bits per heavy atom. The van der Waals surface area contributed by atoms with E-state index in [4.69, 9.17) is 4.74 Å². The van der Waals surface area contributed by atoms with Gasteiger partial charge < -0.3 is 14.7 Å². The minimum atomic E-state index is -0.793. The molecule has 2 aromatic carbocycles. The molecule has 0 radical (unpaired) electrons. The Labute approximate surface area is 168 Å². The van der Waals surface area contributed by atoms with Crippen LogP contribution in [0.2, 0.25) is 0 Å². The highest BCUT2D eigenvalue weighted by atomic mass is 16.5. The molecule has 0 aliphatic carbocycles. The van der Waals surface area contributed by atoms with Gasteiger partial charge in [-0.3, -0.25) is 4.90 Å². The number of hydrogen-bond acceptors (Lipinski definition) is 4. The number of rotatable bonds is 5. The fourth-order valence-electron chi connectivity index (χ4n) is 4.77. The van der Waals surface area contributed by atoms with E-state index in [9.17, 15) is 5.11 Å². The third-order valence-corrected chi connectivity index (χ3v) is 6.41. The summed E-state index contributed by atoms with van der Waals surface area (Å²) in [4.78, 5) is 4.96. The molecule has 0 saturated carbocycles. The van der Waals surface area contributed by atoms with Crippen molar-refractivity contribution < 1.29 is 9.84 Å². The Morgan fingerprint density at radius 1 is 1.00 bits per heavy atom. The van der Waals surface area contributed by atoms with Crippen LogP contribution in [0.3, 0.4) is 0 Å². The zero-order valence-electron chi connectivity index (χ0n) is 17.2. The maximum atomic E-state index is 11.2. The fraction of sp³-hybridized carbons (Fsp3) is 0.500. The van der Waals surface area contributed by atoms with Crippen LogP contribution in [0.5, 0.6) is 5.75 Å². The van der Waals surface area contributed by atoms with Gasteiger partial charge in [0.2, 0.25) is 0 Å². The summed E-state index contributed by atoms with van der Waals surface area (Å²) in [5, 5.41) is 11.2. The number of aryl methyl sites for hydroxylation is 1. The van der Waals surface area contributed by atoms with Crippen LogP contribution >= 0.6 is 0 Å². The summed E-state index contributed by atoms with van der Waals surface area (Å²) < 4.78 is 5.48. The van der Waals surface area contributed by atoms with Gasteiger partial charge in [0.05, 0.1) is 12.7 Å². The summed E-state index contributed by atoms with van der Waals surface area (Å²) in [5.41, 5.74) is 4.26. The first-order chi connectivity index (χ1) is 13.6. The molecule has 0 spiro atoms. The van der Waals surface area contributed by atoms with Crippen molar-refractivity contribution in [2.75, 3.05) is 38.2 Å². The van der Waals surface area contributed by atoms with Crippen molar-refractivity contribution in [3.63, 3.8) is 0 Å². The fourth-order valence-corrected chi connectivity index (χ4v) is 4.77. The van der Waals surface area contributed by atoms with E-state index < -0.39 is 5.60 Å². The van der Waals surface area contributed by atoms with Gasteiger partial charge in [0.15, 0.2) is 0 Å². The third kappa shape index (κ3) is 3.89. The molecule has 4 rings (SSSR count). The zero-order chi connectivity index (χ0) is 19.6. The van der Waals surface area contributed by atoms with Crippen molar-refractivity contribution in [2.24, 2.45) is 0 Å². The molecule has 2 saturated heterocycles. The SMILES string of the molecule is COc1ccccc1C1(O)CCN(Cc2ccc(N3CCCC3)c(C)c2)CC1. The van der Waals surface area contributed by atoms with E-state index >= 15 is 0 Å². The van der Waals surface area contributed by atoms with E-state index in [2.05, 4.69) is 34.9 Å². The number of benzene rings is 2. The largest absolute Gasteiger partial charge is 0.496 e. The van der Waals surface area contributed by atoms with E-state index in [0.29, 0.717) is 0 Å². The summed E-state index contributed by atoms with van der Waals surface area (Å²) >= 11 is 0. The van der Waals surface area contributed by atoms with Gasteiger partial charge in [-0.25, -0.2) is 0 Å². The van der Waals surface area contributed by atoms with Crippen LogP contribution in [-0.2, 0) is 12.1 Å². The molecule has 4 nitrogen and oxygen atoms in total. The smallest absolute Gasteiger partial charge is 0.124 e. The highest BCUT2D eigenvalue weighted by Gasteiger charge is 2.36. The average Bonchev–Trinajstić information content (AvgIpc) is 3.24. The lowest BCUT2D eigenvalue weighted by Gasteiger charge is -2.39. The van der Waals surface area contributed by atoms with Gasteiger partial charge in [-0.1, -0.05) is 30.3 Å². The second-order valence-electron chi connectivity index (χ2n) is 8.32. The van der Waals surface area contributed by atoms with Gasteiger partial charge in [-0.15, -0.1) is 0 Å². The van der Waals surface area contributed by atoms with Crippen molar-refractivity contribution in [1.29, 1.82) is 0 Å². The molecular weight excluding hydrogens is 348 g/mol. The van der Waals surface area contributed by atoms with Crippen molar-refractivity contribution in [3.05, 3.63) is 59.2 Å². The summed E-state index contributed by atoms with van der Waals surface area (Å²) in [7, 11) is 1.67. The molecule has 1 N–H and O–H groups in total. The minimum absolute atomic E-state index is 0.734. The van der Waals surface area contributed by atoms with Gasteiger partial charge in [-0.05, 0) is 55.9 Å². The molecule has 0 atom stereocenters. The van der Waals surface area contributed by atoms with E-state index in [1.54, 1.807) is 7.11 Å². The van der Waals surface area contributed by atoms with Crippen LogP contribution in [0, 0.1) is 6.92 Å². The Hall–Kier alpha value is -2.04. The van der Waals surface area contributed by atoms with Crippen LogP contribution < -0.4 is 9.64 Å². The summed E-state index contributed by atoms with van der Waals surface area (Å²) in [5.74, 6) is 0.784. The second-order valence-corrected chi connectivity index (χ2v) is 8.32. The van der Waals surface area contributed by atoms with Gasteiger partial charge in [-0.2, -0.15) is 0 Å². The van der Waals surface area contributed by atoms with Gasteiger partial charge in [0.25, 0.3) is 0 Å². The minimum Gasteiger partial charge on any atom is -0.496 e. The predicted octanol–water partition coefficient (Wildman–Crippen LogP) is 4.09. The van der Waals surface area contributed by atoms with Crippen LogP contribution in [0.15, 0.2) is 42.5 Å². The van der Waals surface area contributed by atoms with E-state index in [0.717, 1.165) is 43.8 Å². The Kier molecular flexibility index (Phi) is 5.61. The molecule has 2 aliphatic rings. The average molecular weight is 381 g/mol. The number of nitrogens with zero attached hydrogens (tertiary/aromatic N) is 2. The molecule has 150 valence electrons. The number of para-hydroxylation sites is 1. The number of hydrogen-bond donors (Lipinski definition) is 1. The van der Waals surface area contributed by atoms with Gasteiger partial charge in [0.1, 0.15) is 5.75 Å². The first-order valence-electron chi connectivity index (χ1n) is 10.5. The van der Waals surface area contributed by atoms with Crippen LogP contribution in [0.1, 0.15) is 42.4 Å². The van der Waals surface area contributed by atoms with Crippen LogP contribution in [-0.4, -0.2) is 43.3 Å². The first kappa shape index (κ1) is 19.3. The number of piperidine rings is 1. The maximum absolute atomic E-state index is 11.2. The van der Waals surface area contributed by atoms with Crippen LogP contribution in [0.25, 0.3) is 0 Å². The normalized spacial score (nSPS) is 19.8. The van der Waals surface area contributed by atoms with E-state index in [1.807, 2.05) is 24.3 Å². The zero-order valence-corrected chi connectivity index (χ0v) is 17.2. The van der Waals surface area contributed by atoms with Crippen LogP contribution in [0.4, 0.5) is 5.69 Å². The molecule has 4 heteroatoms. The number of methoxy groups -OCH3 is 1. The van der Waals surface area contributed by atoms with E-state index in [-0.39, 0.29) is 0 Å². The molecule has 2 aliphatic heterocycles. The van der Waals surface area contributed by atoms with Gasteiger partial charge >= 0.3 is 0 Å². The summed E-state index contributed by atoms with van der Waals surface area (Å²) in [6.07, 6.45) is 4.09. The Balaban J connectivity index is 1.40. The van der Waals surface area contributed by atoms with E-state index in [1.165, 1.54) is 42.7 Å². The van der Waals surface area contributed by atoms with Crippen molar-refractivity contribution in [3.8, 4) is 5.75 Å². The highest BCUT2D eigenvalue weighted by molar-refractivity contribution is 5.55. The number of ether oxygens (including phenoxy) is 1. The maximum Gasteiger partial charge on any atom is 0.124 e. The highest BCUT2D eigenvalue weighted by Crippen LogP contribution is 2.38. The Morgan fingerprint density at radius 2 is 1.71 bits per heavy atom. The van der Waals surface area contributed by atoms with Gasteiger partial charge in [0, 0.05) is 44.0 Å². The molecule has 0 amide bonds. The lowest BCUT2D eigenvalue weighted by molar-refractivity contribution is -0.0292. The number of likely N-dealkylation sites (tertiary alicyclic amines) is 1. The standard InChI is InChI=1S/C24H32N2O2/c1-19-17-20(9-10-22(19)26-13-5-6-14-26)18-25-15-11-24(27,12-16-25)21-7-3-4-8-23(21)28-2/h3-4,7-10,17,27H,5-6,11-16,18H2,1-2H3. The molecule has 2 fully saturated rings. The van der Waals surface area contributed by atoms with Crippen molar-refractivity contribution in [1.82, 2.24) is 4.90 Å². The molecule has 0 aromatic heterocycles. The van der Waals surface area contributed by atoms with Crippen molar-refractivity contribution in [2.45, 2.75) is 44.8 Å². The third-order valence-electron chi connectivity index (χ3n) is 6.41. The quantitative estimate of drug-likeness (QED) is 0.848. The molecule has 0 unspecified atom stereocenters. The monoisotopic (exact) mass is 380 g/mol. The lowest BCUT2D eigenvalue weighted by atomic mass is 9.83. The lowest BCUT2D eigenvalue weighted by Crippen LogP contribution is -2.42. The molecule has 2 aromatic rings. The molecule has 0 bridgehead atoms. The Bertz CT molecular complexity index is 806. The first-order valence-corrected chi connectivity index (χ1v) is 10.5. The number of aliphatic hydroxyl groups is 1. The predicted molar refractivity (Wildman–Crippen MR) is 114 cm³/mol. The second kappa shape index (κ2) is 8.14. The number of anilines is 1. The molecule has 28 heavy (non-hydrogen) atoms.